The van der Waals surface area contributed by atoms with Crippen molar-refractivity contribution in [3.05, 3.63) is 36.4 Å². The maximum Gasteiger partial charge on any atom is 0.321 e. The molecule has 2 N–H and O–H groups in total. The second-order valence-corrected chi connectivity index (χ2v) is 7.05. The summed E-state index contributed by atoms with van der Waals surface area (Å²) >= 11 is 0. The zero-order valence-corrected chi connectivity index (χ0v) is 15.8. The number of amides is 3. The van der Waals surface area contributed by atoms with Crippen LogP contribution in [-0.4, -0.2) is 31.7 Å². The summed E-state index contributed by atoms with van der Waals surface area (Å²) in [4.78, 5) is 24.0. The first-order valence-corrected chi connectivity index (χ1v) is 9.36. The fourth-order valence-corrected chi connectivity index (χ4v) is 3.47. The van der Waals surface area contributed by atoms with E-state index in [1.54, 1.807) is 13.2 Å². The number of fused-ring (bicyclic) bond motifs is 1. The molecular formula is C21H26N2O4. The van der Waals surface area contributed by atoms with Gasteiger partial charge in [-0.3, -0.25) is 10.1 Å². The Morgan fingerprint density at radius 3 is 2.48 bits per heavy atom. The van der Waals surface area contributed by atoms with Crippen LogP contribution >= 0.6 is 0 Å². The van der Waals surface area contributed by atoms with E-state index in [2.05, 4.69) is 17.6 Å². The monoisotopic (exact) mass is 370 g/mol. The van der Waals surface area contributed by atoms with E-state index in [1.807, 2.05) is 30.3 Å². The Kier molecular flexibility index (Phi) is 6.16. The molecule has 3 amide bonds. The van der Waals surface area contributed by atoms with Crippen LogP contribution in [0.5, 0.6) is 11.5 Å². The lowest BCUT2D eigenvalue weighted by atomic mass is 9.86. The van der Waals surface area contributed by atoms with E-state index < -0.39 is 11.9 Å². The molecule has 1 aliphatic rings. The lowest BCUT2D eigenvalue weighted by molar-refractivity contribution is -0.122. The number of hydrogen-bond acceptors (Lipinski definition) is 4. The van der Waals surface area contributed by atoms with Crippen molar-refractivity contribution in [1.29, 1.82) is 0 Å². The molecule has 27 heavy (non-hydrogen) atoms. The number of imide groups is 1. The minimum absolute atomic E-state index is 0.128. The van der Waals surface area contributed by atoms with Crippen LogP contribution < -0.4 is 20.1 Å². The first-order valence-electron chi connectivity index (χ1n) is 9.36. The standard InChI is InChI=1S/C21H26N2O4/c1-14-5-3-4-6-19(14)22-21(25)23-20(24)13-27-18-10-8-15-7-9-17(26-2)11-16(15)12-18/h7-12,14,19H,3-6,13H2,1-2H3,(H2,22,23,24,25)/t14-,19+/m0/s1. The SMILES string of the molecule is COc1ccc2ccc(OCC(=O)NC(=O)N[C@@H]3CCCC[C@@H]3C)cc2c1. The molecule has 2 aromatic carbocycles. The molecule has 1 aliphatic carbocycles. The molecule has 0 unspecified atom stereocenters. The third-order valence-electron chi connectivity index (χ3n) is 5.07. The summed E-state index contributed by atoms with van der Waals surface area (Å²) in [6.07, 6.45) is 4.37. The quantitative estimate of drug-likeness (QED) is 0.843. The van der Waals surface area contributed by atoms with Gasteiger partial charge in [0.2, 0.25) is 0 Å². The van der Waals surface area contributed by atoms with Crippen LogP contribution in [0.4, 0.5) is 4.79 Å². The van der Waals surface area contributed by atoms with E-state index in [4.69, 9.17) is 9.47 Å². The summed E-state index contributed by atoms with van der Waals surface area (Å²) < 4.78 is 10.8. The van der Waals surface area contributed by atoms with E-state index in [9.17, 15) is 9.59 Å². The highest BCUT2D eigenvalue weighted by molar-refractivity contribution is 5.95. The van der Waals surface area contributed by atoms with Gasteiger partial charge in [-0.15, -0.1) is 0 Å². The van der Waals surface area contributed by atoms with Crippen LogP contribution in [0.2, 0.25) is 0 Å². The molecule has 0 saturated heterocycles. The van der Waals surface area contributed by atoms with Gasteiger partial charge in [0.15, 0.2) is 6.61 Å². The van der Waals surface area contributed by atoms with E-state index in [1.165, 1.54) is 6.42 Å². The Morgan fingerprint density at radius 2 is 1.74 bits per heavy atom. The van der Waals surface area contributed by atoms with Crippen LogP contribution in [0, 0.1) is 5.92 Å². The van der Waals surface area contributed by atoms with Gasteiger partial charge in [-0.1, -0.05) is 31.9 Å². The van der Waals surface area contributed by atoms with Gasteiger partial charge < -0.3 is 14.8 Å². The number of carbonyl (C=O) groups is 2. The van der Waals surface area contributed by atoms with Crippen molar-refractivity contribution >= 4 is 22.7 Å². The predicted octanol–water partition coefficient (Wildman–Crippen LogP) is 3.63. The average Bonchev–Trinajstić information content (AvgIpc) is 2.67. The molecule has 1 fully saturated rings. The Bertz CT molecular complexity index is 821. The van der Waals surface area contributed by atoms with Gasteiger partial charge >= 0.3 is 6.03 Å². The van der Waals surface area contributed by atoms with Crippen molar-refractivity contribution in [2.24, 2.45) is 5.92 Å². The second-order valence-electron chi connectivity index (χ2n) is 7.05. The molecule has 0 aliphatic heterocycles. The van der Waals surface area contributed by atoms with Crippen molar-refractivity contribution < 1.29 is 19.1 Å². The number of rotatable bonds is 5. The minimum Gasteiger partial charge on any atom is -0.497 e. The maximum atomic E-state index is 12.0. The highest BCUT2D eigenvalue weighted by Crippen LogP contribution is 2.25. The minimum atomic E-state index is -0.471. The summed E-state index contributed by atoms with van der Waals surface area (Å²) in [5.41, 5.74) is 0. The normalized spacial score (nSPS) is 19.3. The van der Waals surface area contributed by atoms with Gasteiger partial charge in [0, 0.05) is 6.04 Å². The molecule has 0 bridgehead atoms. The van der Waals surface area contributed by atoms with Gasteiger partial charge in [-0.05, 0) is 53.8 Å². The lowest BCUT2D eigenvalue weighted by Crippen LogP contribution is -2.48. The highest BCUT2D eigenvalue weighted by Gasteiger charge is 2.23. The predicted molar refractivity (Wildman–Crippen MR) is 104 cm³/mol. The number of carbonyl (C=O) groups excluding carboxylic acids is 2. The summed E-state index contributed by atoms with van der Waals surface area (Å²) in [6, 6.07) is 11.0. The largest absolute Gasteiger partial charge is 0.497 e. The molecule has 0 radical (unpaired) electrons. The topological polar surface area (TPSA) is 76.7 Å². The molecule has 1 saturated carbocycles. The van der Waals surface area contributed by atoms with Crippen molar-refractivity contribution in [3.8, 4) is 11.5 Å². The molecule has 2 aromatic rings. The molecule has 6 nitrogen and oxygen atoms in total. The fraction of sp³-hybridized carbons (Fsp3) is 0.429. The number of nitrogens with one attached hydrogen (secondary N) is 2. The third kappa shape index (κ3) is 5.12. The van der Waals surface area contributed by atoms with Crippen LogP contribution in [0.15, 0.2) is 36.4 Å². The van der Waals surface area contributed by atoms with Crippen molar-refractivity contribution in [3.63, 3.8) is 0 Å². The smallest absolute Gasteiger partial charge is 0.321 e. The molecule has 2 atom stereocenters. The van der Waals surface area contributed by atoms with Crippen LogP contribution in [0.1, 0.15) is 32.6 Å². The zero-order chi connectivity index (χ0) is 19.2. The molecule has 6 heteroatoms. The maximum absolute atomic E-state index is 12.0. The van der Waals surface area contributed by atoms with Gasteiger partial charge in [0.25, 0.3) is 5.91 Å². The average molecular weight is 370 g/mol. The Balaban J connectivity index is 1.51. The van der Waals surface area contributed by atoms with Gasteiger partial charge in [-0.2, -0.15) is 0 Å². The van der Waals surface area contributed by atoms with E-state index >= 15 is 0 Å². The number of methoxy groups -OCH3 is 1. The summed E-state index contributed by atoms with van der Waals surface area (Å²) in [5.74, 6) is 1.28. The summed E-state index contributed by atoms with van der Waals surface area (Å²) in [7, 11) is 1.62. The highest BCUT2D eigenvalue weighted by atomic mass is 16.5. The lowest BCUT2D eigenvalue weighted by Gasteiger charge is -2.29. The Hall–Kier alpha value is -2.76. The summed E-state index contributed by atoms with van der Waals surface area (Å²) in [6.45, 7) is 1.91. The molecule has 3 rings (SSSR count). The van der Waals surface area contributed by atoms with E-state index in [0.29, 0.717) is 11.7 Å². The van der Waals surface area contributed by atoms with Crippen LogP contribution in [0.3, 0.4) is 0 Å². The van der Waals surface area contributed by atoms with Gasteiger partial charge in [0.1, 0.15) is 11.5 Å². The number of benzene rings is 2. The Morgan fingerprint density at radius 1 is 1.04 bits per heavy atom. The van der Waals surface area contributed by atoms with Crippen molar-refractivity contribution in [2.45, 2.75) is 38.6 Å². The molecule has 144 valence electrons. The third-order valence-corrected chi connectivity index (χ3v) is 5.07. The first-order chi connectivity index (χ1) is 13.0. The van der Waals surface area contributed by atoms with Crippen molar-refractivity contribution in [1.82, 2.24) is 10.6 Å². The fourth-order valence-electron chi connectivity index (χ4n) is 3.47. The van der Waals surface area contributed by atoms with Gasteiger partial charge in [-0.25, -0.2) is 4.79 Å². The molecule has 0 heterocycles. The van der Waals surface area contributed by atoms with Crippen LogP contribution in [0.25, 0.3) is 10.8 Å². The molecule has 0 spiro atoms. The van der Waals surface area contributed by atoms with E-state index in [-0.39, 0.29) is 12.6 Å². The number of urea groups is 1. The van der Waals surface area contributed by atoms with Crippen LogP contribution in [-0.2, 0) is 4.79 Å². The van der Waals surface area contributed by atoms with Gasteiger partial charge in [0.05, 0.1) is 7.11 Å². The summed E-state index contributed by atoms with van der Waals surface area (Å²) in [5, 5.41) is 7.24. The second kappa shape index (κ2) is 8.75. The number of hydrogen-bond donors (Lipinski definition) is 2. The van der Waals surface area contributed by atoms with Crippen molar-refractivity contribution in [2.75, 3.05) is 13.7 Å². The Labute approximate surface area is 159 Å². The van der Waals surface area contributed by atoms with E-state index in [0.717, 1.165) is 35.8 Å². The molecular weight excluding hydrogens is 344 g/mol. The number of ether oxygens (including phenoxy) is 2. The zero-order valence-electron chi connectivity index (χ0n) is 15.8. The molecule has 0 aromatic heterocycles. The first kappa shape index (κ1) is 19.0.